The first-order chi connectivity index (χ1) is 19.1. The second kappa shape index (κ2) is 11.3. The summed E-state index contributed by atoms with van der Waals surface area (Å²) in [5.74, 6) is 1.19. The van der Waals surface area contributed by atoms with Crippen LogP contribution in [0.4, 0.5) is 11.4 Å². The number of nitrogens with zero attached hydrogens (tertiary/aromatic N) is 2. The molecule has 9 heteroatoms. The van der Waals surface area contributed by atoms with E-state index >= 15 is 0 Å². The Morgan fingerprint density at radius 3 is 2.55 bits per heavy atom. The molecule has 0 unspecified atom stereocenters. The summed E-state index contributed by atoms with van der Waals surface area (Å²) in [4.78, 5) is 20.4. The molecule has 0 aliphatic carbocycles. The van der Waals surface area contributed by atoms with Crippen LogP contribution >= 0.6 is 24.0 Å². The molecule has 1 amide bonds. The van der Waals surface area contributed by atoms with Crippen LogP contribution in [0.2, 0.25) is 0 Å². The fraction of sp³-hybridized carbons (Fsp3) is 0.258. The van der Waals surface area contributed by atoms with Crippen LogP contribution in [-0.4, -0.2) is 23.1 Å². The van der Waals surface area contributed by atoms with Gasteiger partial charge in [-0.3, -0.25) is 9.78 Å². The molecule has 0 bridgehead atoms. The number of ether oxygens (including phenoxy) is 1. The van der Waals surface area contributed by atoms with Gasteiger partial charge in [0, 0.05) is 28.3 Å². The van der Waals surface area contributed by atoms with Crippen molar-refractivity contribution in [3.05, 3.63) is 96.0 Å². The van der Waals surface area contributed by atoms with Crippen molar-refractivity contribution in [1.29, 1.82) is 0 Å². The van der Waals surface area contributed by atoms with E-state index in [0.29, 0.717) is 16.5 Å². The molecule has 5 rings (SSSR count). The van der Waals surface area contributed by atoms with Gasteiger partial charge in [0.25, 0.3) is 0 Å². The van der Waals surface area contributed by atoms with E-state index in [0.717, 1.165) is 27.1 Å². The number of carbonyl (C=O) groups excluding carboxylic acids is 1. The zero-order chi connectivity index (χ0) is 28.4. The molecule has 2 aromatic carbocycles. The van der Waals surface area contributed by atoms with Gasteiger partial charge in [0.2, 0.25) is 5.91 Å². The third-order valence-corrected chi connectivity index (χ3v) is 7.87. The number of methoxy groups -OCH3 is 1. The van der Waals surface area contributed by atoms with Gasteiger partial charge in [-0.15, -0.1) is 0 Å². The third kappa shape index (κ3) is 5.85. The molecule has 1 fully saturated rings. The summed E-state index contributed by atoms with van der Waals surface area (Å²) in [5.41, 5.74) is 2.91. The molecule has 3 heterocycles. The molecule has 7 nitrogen and oxygen atoms in total. The maximum atomic E-state index is 12.7. The third-order valence-electron chi connectivity index (χ3n) is 6.62. The second-order valence-corrected chi connectivity index (χ2v) is 12.1. The monoisotopic (exact) mass is 572 g/mol. The van der Waals surface area contributed by atoms with E-state index in [9.17, 15) is 4.79 Å². The lowest BCUT2D eigenvalue weighted by Crippen LogP contribution is -2.30. The number of hydrogen-bond acceptors (Lipinski definition) is 6. The summed E-state index contributed by atoms with van der Waals surface area (Å²) < 4.78 is 12.1. The first-order valence-electron chi connectivity index (χ1n) is 13.0. The summed E-state index contributed by atoms with van der Waals surface area (Å²) in [6.45, 7) is 7.68. The van der Waals surface area contributed by atoms with Crippen molar-refractivity contribution in [2.75, 3.05) is 17.3 Å². The molecule has 2 aromatic heterocycles. The normalized spacial score (nSPS) is 17.0. The Kier molecular flexibility index (Phi) is 7.87. The summed E-state index contributed by atoms with van der Waals surface area (Å²) in [6, 6.07) is 23.3. The van der Waals surface area contributed by atoms with E-state index in [2.05, 4.69) is 46.8 Å². The van der Waals surface area contributed by atoms with Crippen LogP contribution in [0.15, 0.2) is 93.4 Å². The molecule has 0 spiro atoms. The van der Waals surface area contributed by atoms with Gasteiger partial charge in [0.1, 0.15) is 17.6 Å². The van der Waals surface area contributed by atoms with Crippen LogP contribution in [0.1, 0.15) is 49.9 Å². The Morgan fingerprint density at radius 1 is 1.10 bits per heavy atom. The SMILES string of the molecule is COc1cc(N2C(=S)N[C@H](c3ccccn3)[C@H]2c2ccc(Sc3ccc(C)cc3)o2)ccc1NC(=O)C(C)(C)C. The summed E-state index contributed by atoms with van der Waals surface area (Å²) in [6.07, 6.45) is 1.77. The van der Waals surface area contributed by atoms with Crippen molar-refractivity contribution in [2.24, 2.45) is 5.41 Å². The maximum absolute atomic E-state index is 12.7. The number of amides is 1. The van der Waals surface area contributed by atoms with Crippen molar-refractivity contribution in [3.8, 4) is 5.75 Å². The highest BCUT2D eigenvalue weighted by Crippen LogP contribution is 2.45. The molecule has 0 radical (unpaired) electrons. The number of pyridine rings is 1. The quantitative estimate of drug-likeness (QED) is 0.223. The van der Waals surface area contributed by atoms with Crippen molar-refractivity contribution in [2.45, 2.75) is 49.8 Å². The van der Waals surface area contributed by atoms with Crippen molar-refractivity contribution >= 4 is 46.4 Å². The van der Waals surface area contributed by atoms with Crippen molar-refractivity contribution in [3.63, 3.8) is 0 Å². The predicted molar refractivity (Wildman–Crippen MR) is 163 cm³/mol. The van der Waals surface area contributed by atoms with Crippen LogP contribution in [0, 0.1) is 12.3 Å². The van der Waals surface area contributed by atoms with E-state index in [4.69, 9.17) is 21.4 Å². The Bertz CT molecular complexity index is 1510. The minimum atomic E-state index is -0.543. The number of furan rings is 1. The topological polar surface area (TPSA) is 79.6 Å². The number of rotatable bonds is 7. The standard InChI is InChI=1S/C31H32N4O3S2/c1-19-9-12-21(13-10-19)40-26-16-15-24(38-26)28-27(23-8-6-7-17-32-23)34-30(39)35(28)20-11-14-22(25(18-20)37-5)33-29(36)31(2,3)4/h6-18,27-28H,1-5H3,(H,33,36)(H,34,39)/t27-,28-/m1/s1. The highest BCUT2D eigenvalue weighted by molar-refractivity contribution is 7.99. The zero-order valence-electron chi connectivity index (χ0n) is 23.1. The molecular formula is C31H32N4O3S2. The number of nitrogens with one attached hydrogen (secondary N) is 2. The molecule has 1 aliphatic heterocycles. The van der Waals surface area contributed by atoms with Crippen LogP contribution < -0.4 is 20.3 Å². The molecule has 206 valence electrons. The summed E-state index contributed by atoms with van der Waals surface area (Å²) >= 11 is 7.43. The van der Waals surface area contributed by atoms with Gasteiger partial charge in [-0.1, -0.05) is 56.3 Å². The van der Waals surface area contributed by atoms with Crippen molar-refractivity contribution < 1.29 is 13.9 Å². The van der Waals surface area contributed by atoms with Crippen LogP contribution in [-0.2, 0) is 4.79 Å². The number of carbonyl (C=O) groups is 1. The lowest BCUT2D eigenvalue weighted by molar-refractivity contribution is -0.123. The van der Waals surface area contributed by atoms with Gasteiger partial charge in [-0.2, -0.15) is 0 Å². The molecule has 4 aromatic rings. The van der Waals surface area contributed by atoms with Gasteiger partial charge < -0.3 is 24.7 Å². The van der Waals surface area contributed by atoms with E-state index < -0.39 is 5.41 Å². The lowest BCUT2D eigenvalue weighted by atomic mass is 9.95. The Morgan fingerprint density at radius 2 is 1.88 bits per heavy atom. The summed E-state index contributed by atoms with van der Waals surface area (Å²) in [5, 5.41) is 7.76. The average Bonchev–Trinajstić information content (AvgIpc) is 3.54. The summed E-state index contributed by atoms with van der Waals surface area (Å²) in [7, 11) is 1.59. The minimum Gasteiger partial charge on any atom is -0.494 e. The van der Waals surface area contributed by atoms with Gasteiger partial charge in [0.05, 0.1) is 24.5 Å². The number of hydrogen-bond donors (Lipinski definition) is 2. The molecule has 40 heavy (non-hydrogen) atoms. The first-order valence-corrected chi connectivity index (χ1v) is 14.2. The Labute approximate surface area is 244 Å². The number of aryl methyl sites for hydroxylation is 1. The van der Waals surface area contributed by atoms with Gasteiger partial charge >= 0.3 is 0 Å². The molecule has 1 saturated heterocycles. The van der Waals surface area contributed by atoms with Crippen molar-refractivity contribution in [1.82, 2.24) is 10.3 Å². The van der Waals surface area contributed by atoms with Crippen LogP contribution in [0.25, 0.3) is 0 Å². The highest BCUT2D eigenvalue weighted by atomic mass is 32.2. The molecule has 1 aliphatic rings. The lowest BCUT2D eigenvalue weighted by Gasteiger charge is -2.27. The van der Waals surface area contributed by atoms with Gasteiger partial charge in [-0.05, 0) is 67.7 Å². The van der Waals surface area contributed by atoms with Crippen LogP contribution in [0.5, 0.6) is 5.75 Å². The second-order valence-electron chi connectivity index (χ2n) is 10.7. The van der Waals surface area contributed by atoms with E-state index in [-0.39, 0.29) is 18.0 Å². The minimum absolute atomic E-state index is 0.0980. The maximum Gasteiger partial charge on any atom is 0.229 e. The smallest absolute Gasteiger partial charge is 0.229 e. The fourth-order valence-electron chi connectivity index (χ4n) is 4.44. The average molecular weight is 573 g/mol. The largest absolute Gasteiger partial charge is 0.494 e. The highest BCUT2D eigenvalue weighted by Gasteiger charge is 2.43. The fourth-order valence-corrected chi connectivity index (χ4v) is 5.56. The number of benzene rings is 2. The number of anilines is 2. The molecule has 2 N–H and O–H groups in total. The predicted octanol–water partition coefficient (Wildman–Crippen LogP) is 7.30. The number of thiocarbonyl (C=S) groups is 1. The Hall–Kier alpha value is -3.82. The number of aromatic nitrogens is 1. The molecular weight excluding hydrogens is 541 g/mol. The molecule has 2 atom stereocenters. The van der Waals surface area contributed by atoms with E-state index in [1.54, 1.807) is 25.1 Å². The van der Waals surface area contributed by atoms with E-state index in [1.807, 2.05) is 74.2 Å². The Balaban J connectivity index is 1.51. The van der Waals surface area contributed by atoms with E-state index in [1.165, 1.54) is 5.56 Å². The first kappa shape index (κ1) is 27.7. The molecule has 0 saturated carbocycles. The van der Waals surface area contributed by atoms with Gasteiger partial charge in [-0.25, -0.2) is 0 Å². The zero-order valence-corrected chi connectivity index (χ0v) is 24.7. The van der Waals surface area contributed by atoms with Crippen LogP contribution in [0.3, 0.4) is 0 Å². The van der Waals surface area contributed by atoms with Gasteiger partial charge in [0.15, 0.2) is 10.2 Å².